The molecule has 2 aliphatic carbocycles. The van der Waals surface area contributed by atoms with E-state index in [1.54, 1.807) is 12.1 Å². The second kappa shape index (κ2) is 6.34. The molecule has 0 saturated heterocycles. The van der Waals surface area contributed by atoms with Gasteiger partial charge in [0.25, 0.3) is 0 Å². The van der Waals surface area contributed by atoms with Gasteiger partial charge in [-0.15, -0.1) is 0 Å². The third kappa shape index (κ3) is 3.11. The van der Waals surface area contributed by atoms with Crippen molar-refractivity contribution in [3.8, 4) is 0 Å². The normalized spacial score (nSPS) is 24.5. The molecule has 3 unspecified atom stereocenters. The fraction of sp³-hybridized carbons (Fsp3) is 0.350. The number of hydrogen-bond acceptors (Lipinski definition) is 2. The van der Waals surface area contributed by atoms with Crippen LogP contribution in [-0.4, -0.2) is 5.91 Å². The number of rotatable bonds is 3. The Bertz CT molecular complexity index is 818. The summed E-state index contributed by atoms with van der Waals surface area (Å²) < 4.78 is 14.0. The van der Waals surface area contributed by atoms with Crippen LogP contribution in [0, 0.1) is 11.7 Å². The minimum atomic E-state index is -0.328. The largest absolute Gasteiger partial charge is 0.399 e. The number of carbonyl (C=O) groups is 1. The maximum Gasteiger partial charge on any atom is 0.224 e. The Kier molecular flexibility index (Phi) is 4.16. The molecule has 1 saturated carbocycles. The standard InChI is InChI=1S/C20H20ClFN2O/c21-16-4-2-5-17(22)19(16)14-10-15(14)20(25)24-18-6-1-3-11-9-12(23)7-8-13(11)18/h2,4-5,7-9,14-15,18H,1,3,6,10,23H2,(H,24,25). The number of hydrogen-bond donors (Lipinski definition) is 2. The molecule has 0 aliphatic heterocycles. The Morgan fingerprint density at radius 3 is 2.92 bits per heavy atom. The third-order valence-corrected chi connectivity index (χ3v) is 5.63. The second-order valence-corrected chi connectivity index (χ2v) is 7.40. The van der Waals surface area contributed by atoms with Crippen LogP contribution in [0.5, 0.6) is 0 Å². The van der Waals surface area contributed by atoms with Crippen molar-refractivity contribution in [2.75, 3.05) is 5.73 Å². The Labute approximate surface area is 151 Å². The zero-order valence-electron chi connectivity index (χ0n) is 13.8. The number of amides is 1. The fourth-order valence-corrected chi connectivity index (χ4v) is 4.23. The first-order valence-electron chi connectivity index (χ1n) is 8.67. The van der Waals surface area contributed by atoms with Gasteiger partial charge in [-0.2, -0.15) is 0 Å². The highest BCUT2D eigenvalue weighted by molar-refractivity contribution is 6.31. The molecule has 1 amide bonds. The minimum absolute atomic E-state index is 0.00851. The molecule has 0 spiro atoms. The number of fused-ring (bicyclic) bond motifs is 1. The molecule has 0 aromatic heterocycles. The van der Waals surface area contributed by atoms with E-state index in [4.69, 9.17) is 17.3 Å². The molecule has 3 nitrogen and oxygen atoms in total. The highest BCUT2D eigenvalue weighted by atomic mass is 35.5. The predicted molar refractivity (Wildman–Crippen MR) is 96.9 cm³/mol. The van der Waals surface area contributed by atoms with Crippen LogP contribution in [0.15, 0.2) is 36.4 Å². The Morgan fingerprint density at radius 2 is 2.12 bits per heavy atom. The molecule has 25 heavy (non-hydrogen) atoms. The zero-order chi connectivity index (χ0) is 17.6. The Hall–Kier alpha value is -2.07. The topological polar surface area (TPSA) is 55.1 Å². The van der Waals surface area contributed by atoms with E-state index in [0.717, 1.165) is 30.5 Å². The van der Waals surface area contributed by atoms with Crippen LogP contribution in [0.2, 0.25) is 5.02 Å². The van der Waals surface area contributed by atoms with Crippen LogP contribution in [0.25, 0.3) is 0 Å². The van der Waals surface area contributed by atoms with Crippen LogP contribution < -0.4 is 11.1 Å². The second-order valence-electron chi connectivity index (χ2n) is 7.00. The van der Waals surface area contributed by atoms with E-state index in [0.29, 0.717) is 17.0 Å². The van der Waals surface area contributed by atoms with Crippen LogP contribution in [0.3, 0.4) is 0 Å². The van der Waals surface area contributed by atoms with Crippen molar-refractivity contribution in [3.63, 3.8) is 0 Å². The monoisotopic (exact) mass is 358 g/mol. The summed E-state index contributed by atoms with van der Waals surface area (Å²) in [6, 6.07) is 10.5. The predicted octanol–water partition coefficient (Wildman–Crippen LogP) is 4.36. The van der Waals surface area contributed by atoms with Gasteiger partial charge in [-0.25, -0.2) is 4.39 Å². The van der Waals surface area contributed by atoms with Crippen LogP contribution in [0.4, 0.5) is 10.1 Å². The van der Waals surface area contributed by atoms with Gasteiger partial charge in [0, 0.05) is 28.1 Å². The molecule has 4 rings (SSSR count). The van der Waals surface area contributed by atoms with Gasteiger partial charge in [0.1, 0.15) is 5.82 Å². The molecular formula is C20H20ClFN2O. The van der Waals surface area contributed by atoms with Crippen molar-refractivity contribution in [2.24, 2.45) is 5.92 Å². The van der Waals surface area contributed by atoms with Crippen molar-refractivity contribution in [2.45, 2.75) is 37.6 Å². The Balaban J connectivity index is 1.48. The van der Waals surface area contributed by atoms with E-state index in [1.165, 1.54) is 11.6 Å². The maximum absolute atomic E-state index is 14.0. The molecule has 2 aliphatic rings. The van der Waals surface area contributed by atoms with E-state index < -0.39 is 0 Å². The first-order valence-corrected chi connectivity index (χ1v) is 9.05. The highest BCUT2D eigenvalue weighted by Gasteiger charge is 2.46. The summed E-state index contributed by atoms with van der Waals surface area (Å²) in [4.78, 5) is 12.7. The fourth-order valence-electron chi connectivity index (χ4n) is 3.93. The summed E-state index contributed by atoms with van der Waals surface area (Å²) in [5.74, 6) is -0.665. The number of nitrogens with two attached hydrogens (primary N) is 1. The lowest BCUT2D eigenvalue weighted by Crippen LogP contribution is -2.32. The third-order valence-electron chi connectivity index (χ3n) is 5.30. The zero-order valence-corrected chi connectivity index (χ0v) is 14.5. The molecular weight excluding hydrogens is 339 g/mol. The molecule has 2 aromatic rings. The number of nitrogens with one attached hydrogen (secondary N) is 1. The number of halogens is 2. The summed E-state index contributed by atoms with van der Waals surface area (Å²) in [5, 5.41) is 3.55. The van der Waals surface area contributed by atoms with Crippen molar-refractivity contribution < 1.29 is 9.18 Å². The van der Waals surface area contributed by atoms with E-state index in [9.17, 15) is 9.18 Å². The van der Waals surface area contributed by atoms with Crippen molar-refractivity contribution >= 4 is 23.2 Å². The van der Waals surface area contributed by atoms with Crippen molar-refractivity contribution in [1.82, 2.24) is 5.32 Å². The number of carbonyl (C=O) groups excluding carboxylic acids is 1. The molecule has 0 heterocycles. The van der Waals surface area contributed by atoms with E-state index in [2.05, 4.69) is 5.32 Å². The summed E-state index contributed by atoms with van der Waals surface area (Å²) in [6.45, 7) is 0. The van der Waals surface area contributed by atoms with Gasteiger partial charge in [-0.05, 0) is 61.1 Å². The molecule has 0 bridgehead atoms. The van der Waals surface area contributed by atoms with Gasteiger partial charge in [0.2, 0.25) is 5.91 Å². The summed E-state index contributed by atoms with van der Waals surface area (Å²) in [5.41, 5.74) is 9.45. The molecule has 3 N–H and O–H groups in total. The lowest BCUT2D eigenvalue weighted by Gasteiger charge is -2.27. The first kappa shape index (κ1) is 16.4. The first-order chi connectivity index (χ1) is 12.0. The smallest absolute Gasteiger partial charge is 0.224 e. The number of anilines is 1. The van der Waals surface area contributed by atoms with Gasteiger partial charge >= 0.3 is 0 Å². The average molecular weight is 359 g/mol. The van der Waals surface area contributed by atoms with Gasteiger partial charge in [-0.3, -0.25) is 4.79 Å². The van der Waals surface area contributed by atoms with Crippen LogP contribution in [-0.2, 0) is 11.2 Å². The lowest BCUT2D eigenvalue weighted by molar-refractivity contribution is -0.123. The summed E-state index contributed by atoms with van der Waals surface area (Å²) in [7, 11) is 0. The molecule has 130 valence electrons. The van der Waals surface area contributed by atoms with E-state index >= 15 is 0 Å². The SMILES string of the molecule is Nc1ccc2c(c1)CCCC2NC(=O)C1CC1c1c(F)cccc1Cl. The summed E-state index contributed by atoms with van der Waals surface area (Å²) in [6.07, 6.45) is 3.58. The highest BCUT2D eigenvalue weighted by Crippen LogP contribution is 2.51. The summed E-state index contributed by atoms with van der Waals surface area (Å²) >= 11 is 6.12. The number of benzene rings is 2. The number of aryl methyl sites for hydroxylation is 1. The minimum Gasteiger partial charge on any atom is -0.399 e. The van der Waals surface area contributed by atoms with Crippen LogP contribution >= 0.6 is 11.6 Å². The molecule has 0 radical (unpaired) electrons. The van der Waals surface area contributed by atoms with Crippen molar-refractivity contribution in [1.29, 1.82) is 0 Å². The average Bonchev–Trinajstić information content (AvgIpc) is 3.35. The molecule has 3 atom stereocenters. The maximum atomic E-state index is 14.0. The quantitative estimate of drug-likeness (QED) is 0.801. The van der Waals surface area contributed by atoms with E-state index in [-0.39, 0.29) is 29.6 Å². The van der Waals surface area contributed by atoms with Crippen LogP contribution in [0.1, 0.15) is 47.9 Å². The van der Waals surface area contributed by atoms with Gasteiger partial charge in [0.05, 0.1) is 6.04 Å². The molecule has 1 fully saturated rings. The van der Waals surface area contributed by atoms with Gasteiger partial charge in [0.15, 0.2) is 0 Å². The van der Waals surface area contributed by atoms with Crippen molar-refractivity contribution in [3.05, 3.63) is 63.9 Å². The Morgan fingerprint density at radius 1 is 1.28 bits per heavy atom. The van der Waals surface area contributed by atoms with E-state index in [1.807, 2.05) is 18.2 Å². The van der Waals surface area contributed by atoms with Gasteiger partial charge < -0.3 is 11.1 Å². The lowest BCUT2D eigenvalue weighted by atomic mass is 9.87. The molecule has 5 heteroatoms. The molecule has 2 aromatic carbocycles. The van der Waals surface area contributed by atoms with Gasteiger partial charge in [-0.1, -0.05) is 23.7 Å². The number of nitrogen functional groups attached to an aromatic ring is 1.